The fourth-order valence-electron chi connectivity index (χ4n) is 1.30. The molecule has 0 unspecified atom stereocenters. The van der Waals surface area contributed by atoms with Gasteiger partial charge in [-0.1, -0.05) is 0 Å². The molecule has 6 N–H and O–H groups in total. The van der Waals surface area contributed by atoms with E-state index in [2.05, 4.69) is 30.5 Å². The number of rotatable bonds is 3. The Morgan fingerprint density at radius 3 is 3.06 bits per heavy atom. The molecule has 0 aliphatic carbocycles. The van der Waals surface area contributed by atoms with E-state index in [9.17, 15) is 0 Å². The van der Waals surface area contributed by atoms with Gasteiger partial charge in [0.05, 0.1) is 17.3 Å². The third kappa shape index (κ3) is 2.14. The third-order valence-corrected chi connectivity index (χ3v) is 2.04. The zero-order valence-corrected chi connectivity index (χ0v) is 9.18. The van der Waals surface area contributed by atoms with Crippen LogP contribution < -0.4 is 16.8 Å². The van der Waals surface area contributed by atoms with Gasteiger partial charge in [-0.05, 0) is 0 Å². The van der Waals surface area contributed by atoms with E-state index >= 15 is 0 Å². The number of H-pyrrole nitrogens is 1. The Morgan fingerprint density at radius 2 is 2.35 bits per heavy atom. The van der Waals surface area contributed by atoms with Crippen molar-refractivity contribution in [1.29, 1.82) is 0 Å². The zero-order chi connectivity index (χ0) is 12.3. The number of nitrogens with zero attached hydrogens (tertiary/aromatic N) is 4. The Labute approximate surface area is 96.8 Å². The normalized spacial score (nSPS) is 12.4. The van der Waals surface area contributed by atoms with E-state index in [1.54, 1.807) is 19.5 Å². The minimum atomic E-state index is 0.329. The maximum Gasteiger partial charge on any atom is 0.231 e. The Balaban J connectivity index is 2.36. The van der Waals surface area contributed by atoms with Gasteiger partial charge in [0.2, 0.25) is 5.95 Å². The van der Waals surface area contributed by atoms with Crippen molar-refractivity contribution < 1.29 is 0 Å². The molecule has 0 radical (unpaired) electrons. The van der Waals surface area contributed by atoms with E-state index in [0.717, 1.165) is 0 Å². The molecule has 0 fully saturated rings. The van der Waals surface area contributed by atoms with Crippen molar-refractivity contribution in [1.82, 2.24) is 20.2 Å². The van der Waals surface area contributed by atoms with E-state index in [0.29, 0.717) is 28.5 Å². The van der Waals surface area contributed by atoms with Gasteiger partial charge in [-0.2, -0.15) is 15.1 Å². The number of nitrogen functional groups attached to an aromatic ring is 1. The minimum Gasteiger partial charge on any atom is -0.403 e. The summed E-state index contributed by atoms with van der Waals surface area (Å²) in [6, 6.07) is 0. The molecule has 0 spiro atoms. The van der Waals surface area contributed by atoms with Crippen LogP contribution in [0.15, 0.2) is 23.1 Å². The predicted octanol–water partition coefficient (Wildman–Crippen LogP) is -0.152. The average molecular weight is 232 g/mol. The van der Waals surface area contributed by atoms with Gasteiger partial charge < -0.3 is 16.8 Å². The summed E-state index contributed by atoms with van der Waals surface area (Å²) in [6.45, 7) is 0. The smallest absolute Gasteiger partial charge is 0.231 e. The quantitative estimate of drug-likeness (QED) is 0.544. The lowest BCUT2D eigenvalue weighted by atomic mass is 10.4. The second kappa shape index (κ2) is 4.47. The van der Waals surface area contributed by atoms with Crippen LogP contribution >= 0.6 is 0 Å². The van der Waals surface area contributed by atoms with Crippen LogP contribution in [-0.4, -0.2) is 33.4 Å². The summed E-state index contributed by atoms with van der Waals surface area (Å²) in [4.78, 5) is 12.1. The van der Waals surface area contributed by atoms with E-state index in [1.165, 1.54) is 6.20 Å². The second-order valence-electron chi connectivity index (χ2n) is 3.20. The summed E-state index contributed by atoms with van der Waals surface area (Å²) in [5.74, 6) is 0.673. The summed E-state index contributed by atoms with van der Waals surface area (Å²) >= 11 is 0. The van der Waals surface area contributed by atoms with E-state index < -0.39 is 0 Å². The van der Waals surface area contributed by atoms with Gasteiger partial charge in [-0.15, -0.1) is 0 Å². The first kappa shape index (κ1) is 10.9. The Morgan fingerprint density at radius 1 is 1.53 bits per heavy atom. The standard InChI is InChI=1S/C9H12N8/c1-12-3-5(2-10)14-9-15-7(11)6-4-13-17-8(6)16-9/h2-4H,10H2,1H3,(H4,11,13,14,15,16,17). The number of aromatic nitrogens is 4. The highest BCUT2D eigenvalue weighted by atomic mass is 15.2. The van der Waals surface area contributed by atoms with E-state index in [-0.39, 0.29) is 0 Å². The molecule has 2 rings (SSSR count). The Kier molecular flexibility index (Phi) is 2.86. The molecule has 0 aliphatic heterocycles. The maximum absolute atomic E-state index is 5.76. The van der Waals surface area contributed by atoms with Crippen LogP contribution in [0.5, 0.6) is 0 Å². The highest BCUT2D eigenvalue weighted by Crippen LogP contribution is 2.16. The van der Waals surface area contributed by atoms with Gasteiger partial charge in [0.15, 0.2) is 5.65 Å². The molecule has 17 heavy (non-hydrogen) atoms. The van der Waals surface area contributed by atoms with Crippen LogP contribution in [0.4, 0.5) is 11.8 Å². The first-order valence-electron chi connectivity index (χ1n) is 4.82. The number of anilines is 2. The fourth-order valence-corrected chi connectivity index (χ4v) is 1.30. The van der Waals surface area contributed by atoms with E-state index in [4.69, 9.17) is 11.5 Å². The highest BCUT2D eigenvalue weighted by Gasteiger charge is 2.06. The lowest BCUT2D eigenvalue weighted by molar-refractivity contribution is 1.09. The van der Waals surface area contributed by atoms with Crippen molar-refractivity contribution >= 4 is 29.0 Å². The van der Waals surface area contributed by atoms with Gasteiger partial charge >= 0.3 is 0 Å². The first-order chi connectivity index (χ1) is 8.24. The summed E-state index contributed by atoms with van der Waals surface area (Å²) in [5.41, 5.74) is 12.3. The molecular formula is C9H12N8. The molecule has 0 saturated heterocycles. The van der Waals surface area contributed by atoms with E-state index in [1.807, 2.05) is 0 Å². The van der Waals surface area contributed by atoms with Crippen molar-refractivity contribution in [2.45, 2.75) is 0 Å². The summed E-state index contributed by atoms with van der Waals surface area (Å²) in [6.07, 6.45) is 4.49. The lowest BCUT2D eigenvalue weighted by Crippen LogP contribution is -2.08. The highest BCUT2D eigenvalue weighted by molar-refractivity contribution is 5.87. The monoisotopic (exact) mass is 232 g/mol. The first-order valence-corrected chi connectivity index (χ1v) is 4.82. The molecule has 8 nitrogen and oxygen atoms in total. The van der Waals surface area contributed by atoms with Crippen molar-refractivity contribution in [2.24, 2.45) is 10.7 Å². The number of allylic oxidation sites excluding steroid dienone is 1. The number of hydrogen-bond acceptors (Lipinski definition) is 7. The Bertz CT molecular complexity index is 582. The molecule has 0 bridgehead atoms. The minimum absolute atomic E-state index is 0.329. The van der Waals surface area contributed by atoms with Gasteiger partial charge in [0.25, 0.3) is 0 Å². The average Bonchev–Trinajstić information content (AvgIpc) is 2.77. The van der Waals surface area contributed by atoms with Crippen molar-refractivity contribution in [3.63, 3.8) is 0 Å². The largest absolute Gasteiger partial charge is 0.403 e. The van der Waals surface area contributed by atoms with Crippen LogP contribution in [0.3, 0.4) is 0 Å². The number of aromatic amines is 1. The molecule has 2 aromatic rings. The topological polar surface area (TPSA) is 131 Å². The third-order valence-electron chi connectivity index (χ3n) is 2.04. The summed E-state index contributed by atoms with van der Waals surface area (Å²) in [7, 11) is 1.64. The maximum atomic E-state index is 5.76. The van der Waals surface area contributed by atoms with Crippen LogP contribution in [0.2, 0.25) is 0 Å². The molecule has 0 aliphatic rings. The summed E-state index contributed by atoms with van der Waals surface area (Å²) < 4.78 is 0. The zero-order valence-electron chi connectivity index (χ0n) is 9.18. The molecule has 0 saturated carbocycles. The van der Waals surface area contributed by atoms with Crippen LogP contribution in [-0.2, 0) is 0 Å². The van der Waals surface area contributed by atoms with Crippen molar-refractivity contribution in [2.75, 3.05) is 18.1 Å². The molecule has 2 heterocycles. The molecule has 2 aromatic heterocycles. The predicted molar refractivity (Wildman–Crippen MR) is 66.4 cm³/mol. The molecule has 0 amide bonds. The van der Waals surface area contributed by atoms with Gasteiger partial charge in [-0.3, -0.25) is 10.1 Å². The van der Waals surface area contributed by atoms with Gasteiger partial charge in [-0.25, -0.2) is 0 Å². The molecule has 88 valence electrons. The SMILES string of the molecule is CN=CC(=CN)Nc1nc(N)c2cn[nH]c2n1. The molecule has 0 aromatic carbocycles. The molecule has 0 atom stereocenters. The second-order valence-corrected chi connectivity index (χ2v) is 3.20. The fraction of sp³-hybridized carbons (Fsp3) is 0.111. The van der Waals surface area contributed by atoms with Crippen LogP contribution in [0, 0.1) is 0 Å². The number of nitrogens with two attached hydrogens (primary N) is 2. The molecule has 8 heteroatoms. The molecular weight excluding hydrogens is 220 g/mol. The van der Waals surface area contributed by atoms with Crippen molar-refractivity contribution in [3.05, 3.63) is 18.1 Å². The lowest BCUT2D eigenvalue weighted by Gasteiger charge is -2.05. The van der Waals surface area contributed by atoms with Crippen molar-refractivity contribution in [3.8, 4) is 0 Å². The van der Waals surface area contributed by atoms with Gasteiger partial charge in [0, 0.05) is 19.5 Å². The van der Waals surface area contributed by atoms with Crippen LogP contribution in [0.1, 0.15) is 0 Å². The number of nitrogens with one attached hydrogen (secondary N) is 2. The van der Waals surface area contributed by atoms with Crippen LogP contribution in [0.25, 0.3) is 11.0 Å². The van der Waals surface area contributed by atoms with Gasteiger partial charge in [0.1, 0.15) is 5.82 Å². The Hall–Kier alpha value is -2.64. The number of hydrogen-bond donors (Lipinski definition) is 4. The summed E-state index contributed by atoms with van der Waals surface area (Å²) in [5, 5.41) is 10.1. The number of aliphatic imine (C=N–C) groups is 1. The number of fused-ring (bicyclic) bond motifs is 1.